The summed E-state index contributed by atoms with van der Waals surface area (Å²) in [6, 6.07) is 11.7. The Morgan fingerprint density at radius 2 is 1.68 bits per heavy atom. The lowest BCUT2D eigenvalue weighted by Crippen LogP contribution is -2.30. The van der Waals surface area contributed by atoms with Gasteiger partial charge in [0.25, 0.3) is 5.91 Å². The Balaban J connectivity index is 2.32. The number of hydrogen-bond donors (Lipinski definition) is 2. The minimum absolute atomic E-state index is 0.0501. The molecule has 0 aliphatic heterocycles. The van der Waals surface area contributed by atoms with Gasteiger partial charge in [-0.05, 0) is 62.6 Å². The molecule has 0 fully saturated rings. The Morgan fingerprint density at radius 1 is 1.04 bits per heavy atom. The Labute approximate surface area is 167 Å². The van der Waals surface area contributed by atoms with Gasteiger partial charge in [0.15, 0.2) is 0 Å². The number of sulfonamides is 1. The van der Waals surface area contributed by atoms with Crippen molar-refractivity contribution in [2.24, 2.45) is 0 Å². The first-order valence-electron chi connectivity index (χ1n) is 9.34. The van der Waals surface area contributed by atoms with E-state index in [-0.39, 0.29) is 28.2 Å². The molecule has 2 aromatic rings. The van der Waals surface area contributed by atoms with E-state index in [1.54, 1.807) is 26.8 Å². The smallest absolute Gasteiger partial charge is 0.255 e. The number of amides is 1. The molecular weight excluding hydrogens is 376 g/mol. The van der Waals surface area contributed by atoms with Gasteiger partial charge in [-0.3, -0.25) is 4.79 Å². The molecule has 2 N–H and O–H groups in total. The summed E-state index contributed by atoms with van der Waals surface area (Å²) in [5.74, 6) is 0.229. The van der Waals surface area contributed by atoms with Gasteiger partial charge in [0.2, 0.25) is 10.0 Å². The third kappa shape index (κ3) is 5.56. The first-order chi connectivity index (χ1) is 13.1. The van der Waals surface area contributed by atoms with Crippen LogP contribution in [-0.2, 0) is 10.0 Å². The van der Waals surface area contributed by atoms with Gasteiger partial charge in [0.1, 0.15) is 10.6 Å². The highest BCUT2D eigenvalue weighted by Crippen LogP contribution is 2.26. The van der Waals surface area contributed by atoms with Crippen molar-refractivity contribution in [2.75, 3.05) is 11.9 Å². The molecule has 0 spiro atoms. The highest BCUT2D eigenvalue weighted by Gasteiger charge is 2.22. The second kappa shape index (κ2) is 9.21. The maximum atomic E-state index is 12.6. The molecule has 0 saturated heterocycles. The van der Waals surface area contributed by atoms with Gasteiger partial charge in [0.05, 0.1) is 6.61 Å². The van der Waals surface area contributed by atoms with Gasteiger partial charge < -0.3 is 10.1 Å². The van der Waals surface area contributed by atoms with E-state index in [1.807, 2.05) is 24.3 Å². The fourth-order valence-corrected chi connectivity index (χ4v) is 4.08. The van der Waals surface area contributed by atoms with Crippen LogP contribution in [0.4, 0.5) is 5.69 Å². The van der Waals surface area contributed by atoms with Gasteiger partial charge in [-0.15, -0.1) is 0 Å². The molecule has 0 saturated carbocycles. The second-order valence-electron chi connectivity index (χ2n) is 7.10. The van der Waals surface area contributed by atoms with Crippen LogP contribution in [0.15, 0.2) is 47.4 Å². The largest absolute Gasteiger partial charge is 0.492 e. The van der Waals surface area contributed by atoms with Crippen molar-refractivity contribution in [1.82, 2.24) is 4.72 Å². The molecule has 0 aliphatic carbocycles. The molecule has 0 unspecified atom stereocenters. The Hall–Kier alpha value is -2.38. The second-order valence-corrected chi connectivity index (χ2v) is 8.78. The first kappa shape index (κ1) is 21.9. The number of ether oxygens (including phenoxy) is 1. The van der Waals surface area contributed by atoms with Crippen molar-refractivity contribution in [3.63, 3.8) is 0 Å². The van der Waals surface area contributed by atoms with Crippen molar-refractivity contribution < 1.29 is 17.9 Å². The molecule has 28 heavy (non-hydrogen) atoms. The molecule has 0 aliphatic rings. The van der Waals surface area contributed by atoms with E-state index in [9.17, 15) is 13.2 Å². The van der Waals surface area contributed by atoms with Crippen LogP contribution in [0, 0.1) is 0 Å². The molecule has 1 amide bonds. The summed E-state index contributed by atoms with van der Waals surface area (Å²) in [5, 5.41) is 2.80. The fourth-order valence-electron chi connectivity index (χ4n) is 2.66. The van der Waals surface area contributed by atoms with Gasteiger partial charge in [-0.25, -0.2) is 13.1 Å². The van der Waals surface area contributed by atoms with Crippen LogP contribution < -0.4 is 14.8 Å². The van der Waals surface area contributed by atoms with Crippen LogP contribution in [0.2, 0.25) is 0 Å². The lowest BCUT2D eigenvalue weighted by atomic mass is 10.0. The maximum absolute atomic E-state index is 12.6. The predicted octanol–water partition coefficient (Wildman–Crippen LogP) is 4.15. The van der Waals surface area contributed by atoms with Crippen molar-refractivity contribution in [2.45, 2.75) is 51.5 Å². The van der Waals surface area contributed by atoms with E-state index in [1.165, 1.54) is 17.7 Å². The zero-order valence-corrected chi connectivity index (χ0v) is 17.8. The summed E-state index contributed by atoms with van der Waals surface area (Å²) in [4.78, 5) is 12.6. The SMILES string of the molecule is CCOc1ccc(C(=O)Nc2ccc(C(C)C)cc2)cc1S(=O)(=O)NC(C)C. The number of carbonyl (C=O) groups excluding carboxylic acids is 1. The van der Waals surface area contributed by atoms with Gasteiger partial charge in [-0.1, -0.05) is 26.0 Å². The summed E-state index contributed by atoms with van der Waals surface area (Å²) in [5.41, 5.74) is 2.06. The zero-order chi connectivity index (χ0) is 20.9. The summed E-state index contributed by atoms with van der Waals surface area (Å²) in [6.45, 7) is 9.75. The summed E-state index contributed by atoms with van der Waals surface area (Å²) in [6.07, 6.45) is 0. The number of benzene rings is 2. The third-order valence-corrected chi connectivity index (χ3v) is 5.70. The Bertz CT molecular complexity index is 920. The lowest BCUT2D eigenvalue weighted by molar-refractivity contribution is 0.102. The minimum atomic E-state index is -3.81. The average molecular weight is 405 g/mol. The highest BCUT2D eigenvalue weighted by atomic mass is 32.2. The van der Waals surface area contributed by atoms with E-state index in [0.29, 0.717) is 18.2 Å². The topological polar surface area (TPSA) is 84.5 Å². The standard InChI is InChI=1S/C21H28N2O4S/c1-6-27-19-12-9-17(13-20(19)28(25,26)23-15(4)5)21(24)22-18-10-7-16(8-11-18)14(2)3/h7-15,23H,6H2,1-5H3,(H,22,24). The van der Waals surface area contributed by atoms with E-state index in [2.05, 4.69) is 23.9 Å². The molecule has 0 radical (unpaired) electrons. The molecule has 0 heterocycles. The number of nitrogens with one attached hydrogen (secondary N) is 2. The summed E-state index contributed by atoms with van der Waals surface area (Å²) in [7, 11) is -3.81. The molecule has 0 atom stereocenters. The molecule has 0 bridgehead atoms. The van der Waals surface area contributed by atoms with Crippen LogP contribution in [0.25, 0.3) is 0 Å². The molecule has 2 aromatic carbocycles. The van der Waals surface area contributed by atoms with Crippen LogP contribution in [-0.4, -0.2) is 27.0 Å². The van der Waals surface area contributed by atoms with Crippen molar-refractivity contribution in [3.8, 4) is 5.75 Å². The molecule has 6 nitrogen and oxygen atoms in total. The van der Waals surface area contributed by atoms with E-state index < -0.39 is 10.0 Å². The maximum Gasteiger partial charge on any atom is 0.255 e. The van der Waals surface area contributed by atoms with Gasteiger partial charge in [0, 0.05) is 17.3 Å². The van der Waals surface area contributed by atoms with Crippen molar-refractivity contribution in [1.29, 1.82) is 0 Å². The van der Waals surface area contributed by atoms with E-state index in [4.69, 9.17) is 4.74 Å². The first-order valence-corrected chi connectivity index (χ1v) is 10.8. The van der Waals surface area contributed by atoms with E-state index >= 15 is 0 Å². The fraction of sp³-hybridized carbons (Fsp3) is 0.381. The van der Waals surface area contributed by atoms with Gasteiger partial charge >= 0.3 is 0 Å². The Kier molecular flexibility index (Phi) is 7.21. The molecule has 0 aromatic heterocycles. The third-order valence-electron chi connectivity index (χ3n) is 4.02. The summed E-state index contributed by atoms with van der Waals surface area (Å²) >= 11 is 0. The monoisotopic (exact) mass is 404 g/mol. The molecular formula is C21H28N2O4S. The van der Waals surface area contributed by atoms with Gasteiger partial charge in [-0.2, -0.15) is 0 Å². The number of anilines is 1. The molecule has 7 heteroatoms. The predicted molar refractivity (Wildman–Crippen MR) is 112 cm³/mol. The normalized spacial score (nSPS) is 11.7. The Morgan fingerprint density at radius 3 is 2.21 bits per heavy atom. The molecule has 2 rings (SSSR count). The number of rotatable bonds is 8. The van der Waals surface area contributed by atoms with Crippen molar-refractivity contribution in [3.05, 3.63) is 53.6 Å². The average Bonchev–Trinajstić information content (AvgIpc) is 2.61. The van der Waals surface area contributed by atoms with Crippen LogP contribution in [0.1, 0.15) is 56.5 Å². The summed E-state index contributed by atoms with van der Waals surface area (Å²) < 4.78 is 33.3. The lowest BCUT2D eigenvalue weighted by Gasteiger charge is -2.15. The number of hydrogen-bond acceptors (Lipinski definition) is 4. The quantitative estimate of drug-likeness (QED) is 0.692. The zero-order valence-electron chi connectivity index (χ0n) is 16.9. The highest BCUT2D eigenvalue weighted by molar-refractivity contribution is 7.89. The minimum Gasteiger partial charge on any atom is -0.492 e. The van der Waals surface area contributed by atoms with Crippen LogP contribution in [0.3, 0.4) is 0 Å². The van der Waals surface area contributed by atoms with Crippen molar-refractivity contribution >= 4 is 21.6 Å². The van der Waals surface area contributed by atoms with E-state index in [0.717, 1.165) is 0 Å². The van der Waals surface area contributed by atoms with Crippen LogP contribution in [0.5, 0.6) is 5.75 Å². The van der Waals surface area contributed by atoms with Crippen LogP contribution >= 0.6 is 0 Å². The number of carbonyl (C=O) groups is 1. The molecule has 152 valence electrons.